The fourth-order valence-electron chi connectivity index (χ4n) is 2.13. The molecule has 17 heavy (non-hydrogen) atoms. The fourth-order valence-corrected chi connectivity index (χ4v) is 2.13. The molecule has 3 rings (SSSR count). The Morgan fingerprint density at radius 3 is 2.71 bits per heavy atom. The van der Waals surface area contributed by atoms with Crippen LogP contribution >= 0.6 is 0 Å². The Labute approximate surface area is 98.6 Å². The lowest BCUT2D eigenvalue weighted by molar-refractivity contribution is 0.168. The first-order chi connectivity index (χ1) is 8.38. The molecule has 3 heteroatoms. The van der Waals surface area contributed by atoms with Gasteiger partial charge in [-0.3, -0.25) is 0 Å². The van der Waals surface area contributed by atoms with Crippen LogP contribution in [0.15, 0.2) is 46.9 Å². The first kappa shape index (κ1) is 10.3. The first-order valence-corrected chi connectivity index (χ1v) is 5.65. The van der Waals surface area contributed by atoms with Gasteiger partial charge in [-0.25, -0.2) is 5.48 Å². The van der Waals surface area contributed by atoms with E-state index >= 15 is 0 Å². The van der Waals surface area contributed by atoms with E-state index in [4.69, 9.17) is 9.62 Å². The molecule has 0 fully saturated rings. The van der Waals surface area contributed by atoms with Gasteiger partial charge >= 0.3 is 0 Å². The molecule has 0 bridgehead atoms. The summed E-state index contributed by atoms with van der Waals surface area (Å²) < 4.78 is 5.79. The van der Waals surface area contributed by atoms with Crippen LogP contribution in [0.1, 0.15) is 5.56 Å². The predicted octanol–water partition coefficient (Wildman–Crippen LogP) is 3.11. The Bertz CT molecular complexity index is 657. The van der Waals surface area contributed by atoms with Crippen LogP contribution in [-0.4, -0.2) is 11.8 Å². The highest BCUT2D eigenvalue weighted by Crippen LogP contribution is 2.28. The van der Waals surface area contributed by atoms with Crippen molar-refractivity contribution in [1.82, 2.24) is 5.48 Å². The SMILES string of the molecule is ONCCc1ccc2c(c1)oc1ccccc12. The number of para-hydroxylation sites is 1. The van der Waals surface area contributed by atoms with Crippen molar-refractivity contribution in [2.24, 2.45) is 0 Å². The molecule has 2 N–H and O–H groups in total. The van der Waals surface area contributed by atoms with Crippen molar-refractivity contribution < 1.29 is 9.62 Å². The van der Waals surface area contributed by atoms with E-state index in [0.29, 0.717) is 6.54 Å². The molecule has 3 aromatic rings. The molecular weight excluding hydrogens is 214 g/mol. The molecule has 86 valence electrons. The smallest absolute Gasteiger partial charge is 0.135 e. The van der Waals surface area contributed by atoms with Gasteiger partial charge in [-0.15, -0.1) is 0 Å². The van der Waals surface area contributed by atoms with E-state index in [1.165, 1.54) is 0 Å². The molecule has 0 spiro atoms. The summed E-state index contributed by atoms with van der Waals surface area (Å²) in [5.74, 6) is 0. The summed E-state index contributed by atoms with van der Waals surface area (Å²) in [4.78, 5) is 0. The number of hydroxylamine groups is 1. The van der Waals surface area contributed by atoms with Gasteiger partial charge in [-0.2, -0.15) is 0 Å². The van der Waals surface area contributed by atoms with Crippen molar-refractivity contribution in [1.29, 1.82) is 0 Å². The summed E-state index contributed by atoms with van der Waals surface area (Å²) in [6, 6.07) is 14.2. The molecule has 0 radical (unpaired) electrons. The number of benzene rings is 2. The molecule has 0 aliphatic carbocycles. The Hall–Kier alpha value is -1.84. The molecule has 0 atom stereocenters. The number of rotatable bonds is 3. The van der Waals surface area contributed by atoms with Crippen molar-refractivity contribution in [2.45, 2.75) is 6.42 Å². The zero-order chi connectivity index (χ0) is 11.7. The average molecular weight is 227 g/mol. The average Bonchev–Trinajstić information content (AvgIpc) is 2.74. The molecule has 0 amide bonds. The van der Waals surface area contributed by atoms with Gasteiger partial charge in [-0.05, 0) is 24.1 Å². The van der Waals surface area contributed by atoms with Gasteiger partial charge in [0.05, 0.1) is 0 Å². The van der Waals surface area contributed by atoms with Gasteiger partial charge in [0.15, 0.2) is 0 Å². The Morgan fingerprint density at radius 1 is 1.00 bits per heavy atom. The molecule has 0 saturated heterocycles. The fraction of sp³-hybridized carbons (Fsp3) is 0.143. The second kappa shape index (κ2) is 4.20. The number of fused-ring (bicyclic) bond motifs is 3. The molecular formula is C14H13NO2. The van der Waals surface area contributed by atoms with Crippen molar-refractivity contribution in [2.75, 3.05) is 6.54 Å². The van der Waals surface area contributed by atoms with Crippen LogP contribution in [0.25, 0.3) is 21.9 Å². The van der Waals surface area contributed by atoms with Crippen molar-refractivity contribution in [3.05, 3.63) is 48.0 Å². The summed E-state index contributed by atoms with van der Waals surface area (Å²) >= 11 is 0. The highest BCUT2D eigenvalue weighted by molar-refractivity contribution is 6.04. The van der Waals surface area contributed by atoms with Gasteiger partial charge < -0.3 is 9.62 Å². The molecule has 2 aromatic carbocycles. The second-order valence-electron chi connectivity index (χ2n) is 4.09. The molecule has 1 heterocycles. The van der Waals surface area contributed by atoms with E-state index in [0.717, 1.165) is 33.9 Å². The van der Waals surface area contributed by atoms with Crippen LogP contribution < -0.4 is 5.48 Å². The lowest BCUT2D eigenvalue weighted by Gasteiger charge is -1.99. The van der Waals surface area contributed by atoms with E-state index in [9.17, 15) is 0 Å². The van der Waals surface area contributed by atoms with Gasteiger partial charge in [0.1, 0.15) is 11.2 Å². The predicted molar refractivity (Wildman–Crippen MR) is 67.2 cm³/mol. The molecule has 0 aliphatic rings. The maximum Gasteiger partial charge on any atom is 0.135 e. The maximum atomic E-state index is 8.58. The molecule has 0 aliphatic heterocycles. The molecule has 0 saturated carbocycles. The Balaban J connectivity index is 2.13. The van der Waals surface area contributed by atoms with Crippen LogP contribution in [0.5, 0.6) is 0 Å². The third kappa shape index (κ3) is 1.79. The minimum Gasteiger partial charge on any atom is -0.456 e. The minimum atomic E-state index is 0.547. The summed E-state index contributed by atoms with van der Waals surface area (Å²) in [5.41, 5.74) is 5.13. The van der Waals surface area contributed by atoms with E-state index in [2.05, 4.69) is 23.7 Å². The van der Waals surface area contributed by atoms with Crippen molar-refractivity contribution >= 4 is 21.9 Å². The Kier molecular flexibility index (Phi) is 2.55. The highest BCUT2D eigenvalue weighted by atomic mass is 16.5. The number of nitrogens with one attached hydrogen (secondary N) is 1. The zero-order valence-electron chi connectivity index (χ0n) is 9.31. The van der Waals surface area contributed by atoms with Crippen molar-refractivity contribution in [3.63, 3.8) is 0 Å². The topological polar surface area (TPSA) is 45.4 Å². The lowest BCUT2D eigenvalue weighted by Crippen LogP contribution is -2.10. The quantitative estimate of drug-likeness (QED) is 0.676. The largest absolute Gasteiger partial charge is 0.456 e. The number of hydrogen-bond donors (Lipinski definition) is 2. The monoisotopic (exact) mass is 227 g/mol. The van der Waals surface area contributed by atoms with E-state index in [1.807, 2.05) is 24.3 Å². The molecule has 0 unspecified atom stereocenters. The van der Waals surface area contributed by atoms with Gasteiger partial charge in [0.25, 0.3) is 0 Å². The third-order valence-corrected chi connectivity index (χ3v) is 2.97. The van der Waals surface area contributed by atoms with E-state index < -0.39 is 0 Å². The van der Waals surface area contributed by atoms with Crippen LogP contribution in [-0.2, 0) is 6.42 Å². The zero-order valence-corrected chi connectivity index (χ0v) is 9.31. The molecule has 1 aromatic heterocycles. The maximum absolute atomic E-state index is 8.58. The normalized spacial score (nSPS) is 11.4. The van der Waals surface area contributed by atoms with E-state index in [1.54, 1.807) is 0 Å². The standard InChI is InChI=1S/C14H13NO2/c16-15-8-7-10-5-6-12-11-3-1-2-4-13(11)17-14(12)9-10/h1-6,9,15-16H,7-8H2. The first-order valence-electron chi connectivity index (χ1n) is 5.65. The summed E-state index contributed by atoms with van der Waals surface area (Å²) in [5, 5.41) is 10.9. The third-order valence-electron chi connectivity index (χ3n) is 2.97. The number of hydrogen-bond acceptors (Lipinski definition) is 3. The van der Waals surface area contributed by atoms with Crippen molar-refractivity contribution in [3.8, 4) is 0 Å². The van der Waals surface area contributed by atoms with E-state index in [-0.39, 0.29) is 0 Å². The summed E-state index contributed by atoms with van der Waals surface area (Å²) in [7, 11) is 0. The highest BCUT2D eigenvalue weighted by Gasteiger charge is 2.06. The Morgan fingerprint density at radius 2 is 1.82 bits per heavy atom. The summed E-state index contributed by atoms with van der Waals surface area (Å²) in [6.45, 7) is 0.547. The minimum absolute atomic E-state index is 0.547. The summed E-state index contributed by atoms with van der Waals surface area (Å²) in [6.07, 6.45) is 0.781. The van der Waals surface area contributed by atoms with Gasteiger partial charge in [-0.1, -0.05) is 30.3 Å². The van der Waals surface area contributed by atoms with Crippen LogP contribution in [0.4, 0.5) is 0 Å². The molecule has 3 nitrogen and oxygen atoms in total. The second-order valence-corrected chi connectivity index (χ2v) is 4.09. The van der Waals surface area contributed by atoms with Crippen LogP contribution in [0.3, 0.4) is 0 Å². The van der Waals surface area contributed by atoms with Crippen LogP contribution in [0, 0.1) is 0 Å². The van der Waals surface area contributed by atoms with Gasteiger partial charge in [0.2, 0.25) is 0 Å². The number of furan rings is 1. The van der Waals surface area contributed by atoms with Crippen LogP contribution in [0.2, 0.25) is 0 Å². The lowest BCUT2D eigenvalue weighted by atomic mass is 10.1. The van der Waals surface area contributed by atoms with Gasteiger partial charge in [0, 0.05) is 17.3 Å².